The molecule has 1 N–H and O–H groups in total. The average Bonchev–Trinajstić information content (AvgIpc) is 2.16. The number of rotatable bonds is 4. The summed E-state index contributed by atoms with van der Waals surface area (Å²) in [4.78, 5) is 0. The number of benzene rings is 1. The molecule has 15 heavy (non-hydrogen) atoms. The van der Waals surface area contributed by atoms with E-state index < -0.39 is 0 Å². The minimum absolute atomic E-state index is 0.0949. The van der Waals surface area contributed by atoms with Crippen molar-refractivity contribution in [1.29, 1.82) is 0 Å². The summed E-state index contributed by atoms with van der Waals surface area (Å²) < 4.78 is 12.8. The van der Waals surface area contributed by atoms with Gasteiger partial charge in [0.2, 0.25) is 0 Å². The molecule has 0 heterocycles. The summed E-state index contributed by atoms with van der Waals surface area (Å²) in [5.74, 6) is 0.362. The van der Waals surface area contributed by atoms with Gasteiger partial charge in [-0.3, -0.25) is 0 Å². The maximum Gasteiger partial charge on any atom is 0.123 e. The molecule has 0 saturated carbocycles. The van der Waals surface area contributed by atoms with Gasteiger partial charge in [-0.1, -0.05) is 6.07 Å². The lowest BCUT2D eigenvalue weighted by atomic mass is 10.1. The van der Waals surface area contributed by atoms with Crippen molar-refractivity contribution in [2.75, 3.05) is 5.88 Å². The van der Waals surface area contributed by atoms with Crippen LogP contribution in [0.1, 0.15) is 25.0 Å². The van der Waals surface area contributed by atoms with Gasteiger partial charge in [-0.15, -0.1) is 11.6 Å². The SMILES string of the molecule is Cc1cc(F)ccc1CNC(C)(C)CCl. The zero-order valence-electron chi connectivity index (χ0n) is 9.40. The second kappa shape index (κ2) is 4.95. The van der Waals surface area contributed by atoms with E-state index in [4.69, 9.17) is 11.6 Å². The molecule has 0 unspecified atom stereocenters. The number of halogens is 2. The first kappa shape index (κ1) is 12.5. The largest absolute Gasteiger partial charge is 0.307 e. The lowest BCUT2D eigenvalue weighted by Gasteiger charge is -2.23. The third-order valence-electron chi connectivity index (χ3n) is 2.40. The highest BCUT2D eigenvalue weighted by Gasteiger charge is 2.15. The molecule has 0 atom stereocenters. The average molecular weight is 230 g/mol. The van der Waals surface area contributed by atoms with Crippen molar-refractivity contribution in [3.63, 3.8) is 0 Å². The maximum atomic E-state index is 12.8. The van der Waals surface area contributed by atoms with E-state index in [1.54, 1.807) is 6.07 Å². The Bertz CT molecular complexity index is 336. The molecular weight excluding hydrogens is 213 g/mol. The molecule has 0 fully saturated rings. The molecule has 0 aromatic heterocycles. The number of alkyl halides is 1. The highest BCUT2D eigenvalue weighted by Crippen LogP contribution is 2.12. The summed E-state index contributed by atoms with van der Waals surface area (Å²) in [6.45, 7) is 6.71. The van der Waals surface area contributed by atoms with Crippen molar-refractivity contribution in [3.8, 4) is 0 Å². The number of aryl methyl sites for hydroxylation is 1. The predicted octanol–water partition coefficient (Wildman–Crippen LogP) is 3.24. The van der Waals surface area contributed by atoms with Crippen LogP contribution >= 0.6 is 11.6 Å². The molecule has 84 valence electrons. The molecule has 0 saturated heterocycles. The second-order valence-electron chi connectivity index (χ2n) is 4.44. The Morgan fingerprint density at radius 1 is 1.40 bits per heavy atom. The molecular formula is C12H17ClFN. The van der Waals surface area contributed by atoms with Crippen molar-refractivity contribution >= 4 is 11.6 Å². The third kappa shape index (κ3) is 3.80. The van der Waals surface area contributed by atoms with Gasteiger partial charge in [0.25, 0.3) is 0 Å². The van der Waals surface area contributed by atoms with Crippen LogP contribution in [0.3, 0.4) is 0 Å². The molecule has 3 heteroatoms. The molecule has 0 amide bonds. The van der Waals surface area contributed by atoms with Crippen molar-refractivity contribution in [3.05, 3.63) is 35.1 Å². The van der Waals surface area contributed by atoms with Gasteiger partial charge in [-0.05, 0) is 44.0 Å². The summed E-state index contributed by atoms with van der Waals surface area (Å²) in [6, 6.07) is 4.84. The lowest BCUT2D eigenvalue weighted by molar-refractivity contribution is 0.429. The summed E-state index contributed by atoms with van der Waals surface area (Å²) >= 11 is 5.80. The Balaban J connectivity index is 2.66. The smallest absolute Gasteiger partial charge is 0.123 e. The van der Waals surface area contributed by atoms with Gasteiger partial charge in [0.1, 0.15) is 5.82 Å². The molecule has 0 bridgehead atoms. The van der Waals surface area contributed by atoms with Crippen LogP contribution < -0.4 is 5.32 Å². The van der Waals surface area contributed by atoms with E-state index in [0.717, 1.165) is 11.1 Å². The lowest BCUT2D eigenvalue weighted by Crippen LogP contribution is -2.40. The van der Waals surface area contributed by atoms with Gasteiger partial charge in [-0.25, -0.2) is 4.39 Å². The van der Waals surface area contributed by atoms with Crippen LogP contribution in [-0.4, -0.2) is 11.4 Å². The van der Waals surface area contributed by atoms with Crippen molar-refractivity contribution in [1.82, 2.24) is 5.32 Å². The topological polar surface area (TPSA) is 12.0 Å². The van der Waals surface area contributed by atoms with Gasteiger partial charge in [0, 0.05) is 18.0 Å². The first-order valence-electron chi connectivity index (χ1n) is 5.00. The summed E-state index contributed by atoms with van der Waals surface area (Å²) in [6.07, 6.45) is 0. The molecule has 1 aromatic rings. The van der Waals surface area contributed by atoms with E-state index in [0.29, 0.717) is 12.4 Å². The quantitative estimate of drug-likeness (QED) is 0.782. The number of hydrogen-bond donors (Lipinski definition) is 1. The molecule has 0 aliphatic carbocycles. The third-order valence-corrected chi connectivity index (χ3v) is 3.06. The molecule has 0 aliphatic rings. The van der Waals surface area contributed by atoms with Gasteiger partial charge in [-0.2, -0.15) is 0 Å². The van der Waals surface area contributed by atoms with Gasteiger partial charge >= 0.3 is 0 Å². The minimum Gasteiger partial charge on any atom is -0.307 e. The van der Waals surface area contributed by atoms with Crippen LogP contribution in [-0.2, 0) is 6.54 Å². The monoisotopic (exact) mass is 229 g/mol. The Morgan fingerprint density at radius 2 is 2.07 bits per heavy atom. The minimum atomic E-state index is -0.187. The Hall–Kier alpha value is -0.600. The van der Waals surface area contributed by atoms with Crippen molar-refractivity contribution < 1.29 is 4.39 Å². The first-order valence-corrected chi connectivity index (χ1v) is 5.54. The molecule has 0 spiro atoms. The summed E-state index contributed by atoms with van der Waals surface area (Å²) in [7, 11) is 0. The van der Waals surface area contributed by atoms with Gasteiger partial charge in [0.15, 0.2) is 0 Å². The van der Waals surface area contributed by atoms with E-state index in [1.807, 2.05) is 26.8 Å². The second-order valence-corrected chi connectivity index (χ2v) is 4.71. The standard InChI is InChI=1S/C12H17ClFN/c1-9-6-11(14)5-4-10(9)7-15-12(2,3)8-13/h4-6,15H,7-8H2,1-3H3. The fourth-order valence-corrected chi connectivity index (χ4v) is 1.33. The van der Waals surface area contributed by atoms with Crippen LogP contribution in [0.4, 0.5) is 4.39 Å². The highest BCUT2D eigenvalue weighted by atomic mass is 35.5. The van der Waals surface area contributed by atoms with E-state index in [1.165, 1.54) is 6.07 Å². The van der Waals surface area contributed by atoms with Crippen LogP contribution in [0.5, 0.6) is 0 Å². The predicted molar refractivity (Wildman–Crippen MR) is 62.8 cm³/mol. The van der Waals surface area contributed by atoms with Crippen LogP contribution in [0.25, 0.3) is 0 Å². The molecule has 1 nitrogen and oxygen atoms in total. The van der Waals surface area contributed by atoms with Crippen molar-refractivity contribution in [2.24, 2.45) is 0 Å². The zero-order valence-corrected chi connectivity index (χ0v) is 10.2. The summed E-state index contributed by atoms with van der Waals surface area (Å²) in [5.41, 5.74) is 1.98. The van der Waals surface area contributed by atoms with Gasteiger partial charge < -0.3 is 5.32 Å². The van der Waals surface area contributed by atoms with E-state index in [-0.39, 0.29) is 11.4 Å². The number of hydrogen-bond acceptors (Lipinski definition) is 1. The fourth-order valence-electron chi connectivity index (χ4n) is 1.24. The fraction of sp³-hybridized carbons (Fsp3) is 0.500. The van der Waals surface area contributed by atoms with Crippen LogP contribution in [0.2, 0.25) is 0 Å². The normalized spacial score (nSPS) is 11.8. The highest BCUT2D eigenvalue weighted by molar-refractivity contribution is 6.18. The van der Waals surface area contributed by atoms with E-state index in [9.17, 15) is 4.39 Å². The Morgan fingerprint density at radius 3 is 2.60 bits per heavy atom. The van der Waals surface area contributed by atoms with Gasteiger partial charge in [0.05, 0.1) is 0 Å². The van der Waals surface area contributed by atoms with E-state index >= 15 is 0 Å². The van der Waals surface area contributed by atoms with Crippen LogP contribution in [0.15, 0.2) is 18.2 Å². The van der Waals surface area contributed by atoms with Crippen LogP contribution in [0, 0.1) is 12.7 Å². The van der Waals surface area contributed by atoms with E-state index in [2.05, 4.69) is 5.32 Å². The maximum absolute atomic E-state index is 12.8. The molecule has 1 rings (SSSR count). The zero-order chi connectivity index (χ0) is 11.5. The molecule has 0 aliphatic heterocycles. The summed E-state index contributed by atoms with van der Waals surface area (Å²) in [5, 5.41) is 3.33. The Labute approximate surface area is 95.6 Å². The first-order chi connectivity index (χ1) is 6.94. The number of nitrogens with one attached hydrogen (secondary N) is 1. The molecule has 0 radical (unpaired) electrons. The van der Waals surface area contributed by atoms with Crippen molar-refractivity contribution in [2.45, 2.75) is 32.9 Å². The molecule has 1 aromatic carbocycles. The Kier molecular flexibility index (Phi) is 4.12.